The molecule has 1 amide bonds. The number of amides is 1. The minimum Gasteiger partial charge on any atom is -0.467 e. The van der Waals surface area contributed by atoms with Crippen LogP contribution < -0.4 is 11.3 Å². The summed E-state index contributed by atoms with van der Waals surface area (Å²) in [6.07, 6.45) is 1.49. The van der Waals surface area contributed by atoms with E-state index in [0.717, 1.165) is 5.56 Å². The molecule has 1 aromatic heterocycles. The van der Waals surface area contributed by atoms with E-state index in [1.807, 2.05) is 31.3 Å². The van der Waals surface area contributed by atoms with Crippen molar-refractivity contribution in [2.45, 2.75) is 19.5 Å². The van der Waals surface area contributed by atoms with Crippen LogP contribution in [0.5, 0.6) is 0 Å². The Kier molecular flexibility index (Phi) is 5.01. The van der Waals surface area contributed by atoms with Gasteiger partial charge in [0.15, 0.2) is 0 Å². The number of rotatable bonds is 5. The third-order valence-corrected chi connectivity index (χ3v) is 3.78. The molecule has 1 heterocycles. The van der Waals surface area contributed by atoms with Crippen molar-refractivity contribution in [3.8, 4) is 0 Å². The Morgan fingerprint density at radius 1 is 1.38 bits per heavy atom. The van der Waals surface area contributed by atoms with Gasteiger partial charge in [-0.25, -0.2) is 5.84 Å². The molecule has 21 heavy (non-hydrogen) atoms. The van der Waals surface area contributed by atoms with Crippen LogP contribution in [0, 0.1) is 0 Å². The van der Waals surface area contributed by atoms with Crippen LogP contribution in [0.25, 0.3) is 0 Å². The van der Waals surface area contributed by atoms with Crippen LogP contribution in [-0.4, -0.2) is 17.9 Å². The van der Waals surface area contributed by atoms with E-state index in [1.54, 1.807) is 6.07 Å². The minimum atomic E-state index is -0.355. The first-order chi connectivity index (χ1) is 10.0. The smallest absolute Gasteiger partial charge is 0.268 e. The summed E-state index contributed by atoms with van der Waals surface area (Å²) in [6, 6.07) is 9.46. The van der Waals surface area contributed by atoms with Crippen LogP contribution in [0.1, 0.15) is 34.6 Å². The molecule has 0 fully saturated rings. The maximum absolute atomic E-state index is 11.6. The Balaban J connectivity index is 2.10. The summed E-state index contributed by atoms with van der Waals surface area (Å²) < 4.78 is 5.38. The highest BCUT2D eigenvalue weighted by Gasteiger charge is 2.18. The number of nitrogen functional groups attached to an aromatic ring is 1. The Bertz CT molecular complexity index is 610. The predicted octanol–water partition coefficient (Wildman–Crippen LogP) is 2.73. The number of carbonyl (C=O) groups excluding carboxylic acids is 1. The fourth-order valence-electron chi connectivity index (χ4n) is 2.10. The summed E-state index contributed by atoms with van der Waals surface area (Å²) >= 11 is 5.90. The van der Waals surface area contributed by atoms with Gasteiger partial charge in [-0.05, 0) is 37.7 Å². The quantitative estimate of drug-likeness (QED) is 0.506. The van der Waals surface area contributed by atoms with E-state index in [9.17, 15) is 4.79 Å². The molecule has 6 heteroatoms. The zero-order valence-electron chi connectivity index (χ0n) is 12.0. The second-order valence-electron chi connectivity index (χ2n) is 4.87. The number of carbonyl (C=O) groups is 1. The average Bonchev–Trinajstić information content (AvgIpc) is 2.94. The molecule has 3 N–H and O–H groups in total. The molecule has 1 atom stereocenters. The molecule has 0 aliphatic carbocycles. The lowest BCUT2D eigenvalue weighted by Crippen LogP contribution is -2.31. The minimum absolute atomic E-state index is 0.154. The highest BCUT2D eigenvalue weighted by molar-refractivity contribution is 6.30. The van der Waals surface area contributed by atoms with Crippen molar-refractivity contribution >= 4 is 17.5 Å². The molecule has 1 aromatic carbocycles. The van der Waals surface area contributed by atoms with Crippen molar-refractivity contribution in [2.75, 3.05) is 7.05 Å². The first-order valence-electron chi connectivity index (χ1n) is 6.56. The number of furan rings is 1. The van der Waals surface area contributed by atoms with E-state index in [2.05, 4.69) is 17.2 Å². The molecular formula is C15H18ClN3O2. The zero-order chi connectivity index (χ0) is 15.4. The highest BCUT2D eigenvalue weighted by Crippen LogP contribution is 2.23. The SMILES string of the molecule is CC(c1ccc(Cl)cc1)N(C)Cc1occc1C(=O)NN. The lowest BCUT2D eigenvalue weighted by molar-refractivity contribution is 0.0949. The standard InChI is InChI=1S/C15H18ClN3O2/c1-10(11-3-5-12(16)6-4-11)19(2)9-14-13(7-8-21-14)15(20)18-17/h3-8,10H,9,17H2,1-2H3,(H,18,20). The maximum atomic E-state index is 11.6. The van der Waals surface area contributed by atoms with E-state index < -0.39 is 0 Å². The molecule has 1 unspecified atom stereocenters. The number of hydrazine groups is 1. The van der Waals surface area contributed by atoms with Crippen LogP contribution >= 0.6 is 11.6 Å². The molecule has 0 saturated carbocycles. The molecule has 112 valence electrons. The third kappa shape index (κ3) is 3.64. The fraction of sp³-hybridized carbons (Fsp3) is 0.267. The maximum Gasteiger partial charge on any atom is 0.268 e. The largest absolute Gasteiger partial charge is 0.467 e. The van der Waals surface area contributed by atoms with E-state index in [-0.39, 0.29) is 11.9 Å². The van der Waals surface area contributed by atoms with Crippen LogP contribution in [0.3, 0.4) is 0 Å². The number of hydrogen-bond donors (Lipinski definition) is 2. The Morgan fingerprint density at radius 3 is 2.67 bits per heavy atom. The van der Waals surface area contributed by atoms with Gasteiger partial charge in [-0.2, -0.15) is 0 Å². The normalized spacial score (nSPS) is 12.4. The van der Waals surface area contributed by atoms with Crippen LogP contribution in [0.15, 0.2) is 41.0 Å². The van der Waals surface area contributed by atoms with Crippen molar-refractivity contribution in [1.29, 1.82) is 0 Å². The number of nitrogens with zero attached hydrogens (tertiary/aromatic N) is 1. The second-order valence-corrected chi connectivity index (χ2v) is 5.31. The van der Waals surface area contributed by atoms with E-state index in [0.29, 0.717) is 22.9 Å². The van der Waals surface area contributed by atoms with Gasteiger partial charge in [0.05, 0.1) is 18.4 Å². The molecule has 2 aromatic rings. The van der Waals surface area contributed by atoms with Gasteiger partial charge in [0.2, 0.25) is 0 Å². The summed E-state index contributed by atoms with van der Waals surface area (Å²) in [5, 5.41) is 0.710. The van der Waals surface area contributed by atoms with Crippen molar-refractivity contribution in [3.63, 3.8) is 0 Å². The molecule has 0 bridgehead atoms. The summed E-state index contributed by atoms with van der Waals surface area (Å²) in [6.45, 7) is 2.58. The lowest BCUT2D eigenvalue weighted by Gasteiger charge is -2.24. The van der Waals surface area contributed by atoms with Gasteiger partial charge < -0.3 is 4.42 Å². The summed E-state index contributed by atoms with van der Waals surface area (Å²) in [5.74, 6) is 5.39. The summed E-state index contributed by atoms with van der Waals surface area (Å²) in [4.78, 5) is 13.7. The van der Waals surface area contributed by atoms with Gasteiger partial charge in [0, 0.05) is 11.1 Å². The highest BCUT2D eigenvalue weighted by atomic mass is 35.5. The molecule has 0 saturated heterocycles. The first-order valence-corrected chi connectivity index (χ1v) is 6.93. The number of nitrogens with two attached hydrogens (primary N) is 1. The Morgan fingerprint density at radius 2 is 2.05 bits per heavy atom. The monoisotopic (exact) mass is 307 g/mol. The van der Waals surface area contributed by atoms with Gasteiger partial charge >= 0.3 is 0 Å². The van der Waals surface area contributed by atoms with Gasteiger partial charge in [-0.1, -0.05) is 23.7 Å². The van der Waals surface area contributed by atoms with Crippen LogP contribution in [-0.2, 0) is 6.54 Å². The van der Waals surface area contributed by atoms with Gasteiger partial charge in [0.25, 0.3) is 5.91 Å². The van der Waals surface area contributed by atoms with E-state index >= 15 is 0 Å². The van der Waals surface area contributed by atoms with Crippen LogP contribution in [0.2, 0.25) is 5.02 Å². The molecule has 0 radical (unpaired) electrons. The zero-order valence-corrected chi connectivity index (χ0v) is 12.7. The van der Waals surface area contributed by atoms with Crippen molar-refractivity contribution in [1.82, 2.24) is 10.3 Å². The first kappa shape index (κ1) is 15.6. The Hall–Kier alpha value is -1.82. The summed E-state index contributed by atoms with van der Waals surface area (Å²) in [7, 11) is 1.96. The van der Waals surface area contributed by atoms with Crippen molar-refractivity contribution < 1.29 is 9.21 Å². The number of nitrogens with one attached hydrogen (secondary N) is 1. The number of hydrogen-bond acceptors (Lipinski definition) is 4. The molecule has 0 spiro atoms. The van der Waals surface area contributed by atoms with Crippen LogP contribution in [0.4, 0.5) is 0 Å². The molecular weight excluding hydrogens is 290 g/mol. The number of halogens is 1. The molecule has 0 aliphatic rings. The topological polar surface area (TPSA) is 71.5 Å². The van der Waals surface area contributed by atoms with Crippen molar-refractivity contribution in [3.05, 3.63) is 58.5 Å². The van der Waals surface area contributed by atoms with Gasteiger partial charge in [0.1, 0.15) is 5.76 Å². The lowest BCUT2D eigenvalue weighted by atomic mass is 10.1. The number of benzene rings is 1. The van der Waals surface area contributed by atoms with Gasteiger partial charge in [-0.15, -0.1) is 0 Å². The van der Waals surface area contributed by atoms with E-state index in [4.69, 9.17) is 21.9 Å². The molecule has 0 aliphatic heterocycles. The fourth-order valence-corrected chi connectivity index (χ4v) is 2.23. The second kappa shape index (κ2) is 6.76. The summed E-state index contributed by atoms with van der Waals surface area (Å²) in [5.41, 5.74) is 3.70. The molecule has 5 nitrogen and oxygen atoms in total. The predicted molar refractivity (Wildman–Crippen MR) is 81.7 cm³/mol. The van der Waals surface area contributed by atoms with Crippen molar-refractivity contribution in [2.24, 2.45) is 5.84 Å². The third-order valence-electron chi connectivity index (χ3n) is 3.53. The van der Waals surface area contributed by atoms with E-state index in [1.165, 1.54) is 6.26 Å². The Labute approximate surface area is 128 Å². The van der Waals surface area contributed by atoms with Gasteiger partial charge in [-0.3, -0.25) is 15.1 Å². The average molecular weight is 308 g/mol. The molecule has 2 rings (SSSR count).